The Morgan fingerprint density at radius 1 is 1.16 bits per heavy atom. The number of aromatic nitrogens is 5. The van der Waals surface area contributed by atoms with Gasteiger partial charge in [-0.1, -0.05) is 48.1 Å². The van der Waals surface area contributed by atoms with Crippen LogP contribution in [0.2, 0.25) is 0 Å². The fourth-order valence-electron chi connectivity index (χ4n) is 4.12. The van der Waals surface area contributed by atoms with E-state index in [0.29, 0.717) is 6.54 Å². The summed E-state index contributed by atoms with van der Waals surface area (Å²) in [6.45, 7) is 12.6. The Morgan fingerprint density at radius 2 is 1.97 bits per heavy atom. The third-order valence-electron chi connectivity index (χ3n) is 6.37. The first-order valence-corrected chi connectivity index (χ1v) is 12.5. The van der Waals surface area contributed by atoms with E-state index >= 15 is 0 Å². The van der Waals surface area contributed by atoms with E-state index in [9.17, 15) is 0 Å². The van der Waals surface area contributed by atoms with Crippen molar-refractivity contribution in [3.05, 3.63) is 102 Å². The van der Waals surface area contributed by atoms with E-state index in [-0.39, 0.29) is 0 Å². The number of imidazole rings is 1. The highest BCUT2D eigenvalue weighted by Gasteiger charge is 2.17. The van der Waals surface area contributed by atoms with Crippen molar-refractivity contribution in [3.63, 3.8) is 0 Å². The number of hydrogen-bond donors (Lipinski definition) is 1. The van der Waals surface area contributed by atoms with E-state index in [1.165, 1.54) is 11.1 Å². The summed E-state index contributed by atoms with van der Waals surface area (Å²) in [7, 11) is 1.72. The summed E-state index contributed by atoms with van der Waals surface area (Å²) in [4.78, 5) is 9.28. The molecule has 4 aromatic rings. The Kier molecular flexibility index (Phi) is 7.74. The van der Waals surface area contributed by atoms with E-state index in [1.54, 1.807) is 18.0 Å². The summed E-state index contributed by atoms with van der Waals surface area (Å²) in [5.74, 6) is 0.897. The summed E-state index contributed by atoms with van der Waals surface area (Å²) in [5, 5.41) is 4.45. The molecule has 0 atom stereocenters. The van der Waals surface area contributed by atoms with Gasteiger partial charge < -0.3 is 15.0 Å². The summed E-state index contributed by atoms with van der Waals surface area (Å²) in [5.41, 5.74) is 13.8. The van der Waals surface area contributed by atoms with Crippen LogP contribution in [0.5, 0.6) is 5.75 Å². The molecule has 192 valence electrons. The molecule has 7 heteroatoms. The van der Waals surface area contributed by atoms with Gasteiger partial charge in [-0.05, 0) is 63.8 Å². The molecule has 0 aliphatic rings. The fourth-order valence-corrected chi connectivity index (χ4v) is 4.12. The molecule has 3 heterocycles. The first-order valence-electron chi connectivity index (χ1n) is 12.5. The number of benzene rings is 1. The molecule has 0 amide bonds. The maximum Gasteiger partial charge on any atom is 0.160 e. The third-order valence-corrected chi connectivity index (χ3v) is 6.37. The number of hydrogen-bond acceptors (Lipinski definition) is 5. The van der Waals surface area contributed by atoms with Crippen molar-refractivity contribution < 1.29 is 4.74 Å². The molecule has 2 N–H and O–H groups in total. The largest absolute Gasteiger partial charge is 0.496 e. The summed E-state index contributed by atoms with van der Waals surface area (Å²) in [6.07, 6.45) is 15.5. The van der Waals surface area contributed by atoms with Crippen molar-refractivity contribution >= 4 is 11.2 Å². The Labute approximate surface area is 219 Å². The number of nitrogens with two attached hydrogens (primary N) is 1. The maximum atomic E-state index is 6.20. The Hall–Kier alpha value is -3.97. The van der Waals surface area contributed by atoms with Gasteiger partial charge in [-0.25, -0.2) is 14.6 Å². The molecule has 7 nitrogen and oxygen atoms in total. The monoisotopic (exact) mass is 496 g/mol. The fraction of sp³-hybridized carbons (Fsp3) is 0.300. The molecule has 0 saturated carbocycles. The highest BCUT2D eigenvalue weighted by atomic mass is 16.5. The van der Waals surface area contributed by atoms with E-state index in [1.807, 2.05) is 50.1 Å². The number of ether oxygens (including phenoxy) is 1. The average molecular weight is 497 g/mol. The van der Waals surface area contributed by atoms with Crippen molar-refractivity contribution in [2.45, 2.75) is 52.6 Å². The van der Waals surface area contributed by atoms with Gasteiger partial charge in [-0.15, -0.1) is 0 Å². The van der Waals surface area contributed by atoms with Gasteiger partial charge in [0.2, 0.25) is 0 Å². The average Bonchev–Trinajstić information content (AvgIpc) is 3.52. The lowest BCUT2D eigenvalue weighted by Crippen LogP contribution is -2.27. The van der Waals surface area contributed by atoms with Gasteiger partial charge in [-0.2, -0.15) is 5.10 Å². The molecule has 0 radical (unpaired) electrons. The number of nitrogens with zero attached hydrogens (tertiary/aromatic N) is 5. The lowest BCUT2D eigenvalue weighted by Gasteiger charge is -2.15. The summed E-state index contributed by atoms with van der Waals surface area (Å²) < 4.78 is 9.57. The molecular weight excluding hydrogens is 460 g/mol. The normalized spacial score (nSPS) is 12.5. The topological polar surface area (TPSA) is 83.8 Å². The van der Waals surface area contributed by atoms with E-state index in [0.717, 1.165) is 52.1 Å². The van der Waals surface area contributed by atoms with Crippen molar-refractivity contribution in [1.82, 2.24) is 24.3 Å². The van der Waals surface area contributed by atoms with Crippen LogP contribution in [0.3, 0.4) is 0 Å². The Morgan fingerprint density at radius 3 is 2.65 bits per heavy atom. The second-order valence-electron chi connectivity index (χ2n) is 9.99. The lowest BCUT2D eigenvalue weighted by molar-refractivity contribution is 0.409. The minimum Gasteiger partial charge on any atom is -0.496 e. The van der Waals surface area contributed by atoms with Crippen LogP contribution in [0.1, 0.15) is 50.8 Å². The summed E-state index contributed by atoms with van der Waals surface area (Å²) in [6, 6.07) is 8.40. The highest BCUT2D eigenvalue weighted by molar-refractivity contribution is 5.73. The standard InChI is InChI=1S/C30H36N6O/c1-7-22(9-8-21(2)3)10-12-24-13-11-23(14-28(24)37-6)18-35-20-33-27-15-26(17-32-29(27)35)36-19-25(16-34-36)30(4,5)31/h7-9,11,13-17,19-20H,2,10,12,18,31H2,1,3-6H3/b9-8-,22-7+. The van der Waals surface area contributed by atoms with Crippen LogP contribution >= 0.6 is 0 Å². The Balaban J connectivity index is 1.50. The first kappa shape index (κ1) is 26.1. The van der Waals surface area contributed by atoms with E-state index in [2.05, 4.69) is 60.0 Å². The maximum absolute atomic E-state index is 6.20. The molecule has 0 unspecified atom stereocenters. The molecule has 0 saturated heterocycles. The van der Waals surface area contributed by atoms with Gasteiger partial charge in [0.25, 0.3) is 0 Å². The molecule has 0 aliphatic carbocycles. The van der Waals surface area contributed by atoms with Crippen LogP contribution in [-0.4, -0.2) is 31.4 Å². The van der Waals surface area contributed by atoms with Crippen LogP contribution < -0.4 is 10.5 Å². The smallest absolute Gasteiger partial charge is 0.160 e. The predicted octanol–water partition coefficient (Wildman–Crippen LogP) is 5.88. The van der Waals surface area contributed by atoms with Crippen LogP contribution in [-0.2, 0) is 18.5 Å². The quantitative estimate of drug-likeness (QED) is 0.277. The molecule has 4 rings (SSSR count). The minimum absolute atomic E-state index is 0.454. The van der Waals surface area contributed by atoms with Crippen molar-refractivity contribution in [3.8, 4) is 11.4 Å². The van der Waals surface area contributed by atoms with Gasteiger partial charge in [0.05, 0.1) is 38.1 Å². The van der Waals surface area contributed by atoms with Gasteiger partial charge in [0.15, 0.2) is 5.65 Å². The number of rotatable bonds is 10. The van der Waals surface area contributed by atoms with Crippen LogP contribution in [0, 0.1) is 0 Å². The molecule has 37 heavy (non-hydrogen) atoms. The molecule has 0 spiro atoms. The number of fused-ring (bicyclic) bond motifs is 1. The highest BCUT2D eigenvalue weighted by Crippen LogP contribution is 2.25. The number of allylic oxidation sites excluding steroid dienone is 5. The van der Waals surface area contributed by atoms with Crippen molar-refractivity contribution in [2.75, 3.05) is 7.11 Å². The van der Waals surface area contributed by atoms with E-state index < -0.39 is 5.54 Å². The Bertz CT molecular complexity index is 1460. The SMILES string of the molecule is C=C(C)/C=C\C(=C/C)CCc1ccc(Cn2cnc3cc(-n4cc(C(C)(C)N)cn4)cnc32)cc1OC. The van der Waals surface area contributed by atoms with Gasteiger partial charge in [0.1, 0.15) is 11.3 Å². The zero-order valence-electron chi connectivity index (χ0n) is 22.4. The second kappa shape index (κ2) is 11.0. The molecule has 1 aromatic carbocycles. The molecule has 3 aromatic heterocycles. The van der Waals surface area contributed by atoms with Crippen molar-refractivity contribution in [1.29, 1.82) is 0 Å². The minimum atomic E-state index is -0.454. The number of aryl methyl sites for hydroxylation is 1. The molecule has 0 aliphatic heterocycles. The predicted molar refractivity (Wildman–Crippen MR) is 150 cm³/mol. The van der Waals surface area contributed by atoms with Crippen LogP contribution in [0.15, 0.2) is 85.1 Å². The van der Waals surface area contributed by atoms with Gasteiger partial charge >= 0.3 is 0 Å². The van der Waals surface area contributed by atoms with Crippen molar-refractivity contribution in [2.24, 2.45) is 5.73 Å². The zero-order valence-corrected chi connectivity index (χ0v) is 22.4. The second-order valence-corrected chi connectivity index (χ2v) is 9.99. The molecule has 0 fully saturated rings. The molecule has 0 bridgehead atoms. The summed E-state index contributed by atoms with van der Waals surface area (Å²) >= 11 is 0. The number of methoxy groups -OCH3 is 1. The van der Waals surface area contributed by atoms with Gasteiger partial charge in [0, 0.05) is 17.3 Å². The third kappa shape index (κ3) is 6.24. The zero-order chi connectivity index (χ0) is 26.6. The first-order chi connectivity index (χ1) is 17.7. The van der Waals surface area contributed by atoms with Crippen LogP contribution in [0.4, 0.5) is 0 Å². The van der Waals surface area contributed by atoms with Crippen LogP contribution in [0.25, 0.3) is 16.9 Å². The lowest BCUT2D eigenvalue weighted by atomic mass is 10.00. The van der Waals surface area contributed by atoms with Gasteiger partial charge in [-0.3, -0.25) is 0 Å². The molecular formula is C30H36N6O. The number of pyridine rings is 1. The van der Waals surface area contributed by atoms with E-state index in [4.69, 9.17) is 15.5 Å².